The molecule has 0 saturated carbocycles. The maximum Gasteiger partial charge on any atom is 0.118 e. The van der Waals surface area contributed by atoms with Crippen LogP contribution in [0.1, 0.15) is 45.6 Å². The summed E-state index contributed by atoms with van der Waals surface area (Å²) in [6.45, 7) is 10.2. The molecule has 2 nitrogen and oxygen atoms in total. The topological polar surface area (TPSA) is 21.3 Å². The van der Waals surface area contributed by atoms with Crippen molar-refractivity contribution in [3.63, 3.8) is 0 Å². The highest BCUT2D eigenvalue weighted by molar-refractivity contribution is 5.30. The first-order valence-electron chi connectivity index (χ1n) is 6.97. The van der Waals surface area contributed by atoms with Crippen molar-refractivity contribution in [3.8, 4) is 5.75 Å². The molecule has 1 N–H and O–H groups in total. The Morgan fingerprint density at radius 2 is 1.72 bits per heavy atom. The Bertz CT molecular complexity index is 331. The van der Waals surface area contributed by atoms with E-state index in [0.717, 1.165) is 12.3 Å². The van der Waals surface area contributed by atoms with Crippen LogP contribution in [0.3, 0.4) is 0 Å². The van der Waals surface area contributed by atoms with E-state index < -0.39 is 0 Å². The van der Waals surface area contributed by atoms with E-state index in [0.29, 0.717) is 17.9 Å². The number of nitrogens with one attached hydrogen (secondary N) is 1. The summed E-state index contributed by atoms with van der Waals surface area (Å²) in [4.78, 5) is 0. The normalized spacial score (nSPS) is 14.6. The number of ether oxygens (including phenoxy) is 1. The van der Waals surface area contributed by atoms with Crippen molar-refractivity contribution in [2.24, 2.45) is 5.92 Å². The molecule has 1 rings (SSSR count). The van der Waals surface area contributed by atoms with Crippen LogP contribution in [0.4, 0.5) is 0 Å². The molecule has 0 saturated heterocycles. The SMILES string of the molecule is CCCNC(C(C)C)C(C)c1ccc(OC)cc1. The third kappa shape index (κ3) is 4.02. The minimum absolute atomic E-state index is 0.516. The fraction of sp³-hybridized carbons (Fsp3) is 0.625. The fourth-order valence-electron chi connectivity index (χ4n) is 2.42. The third-order valence-electron chi connectivity index (χ3n) is 3.53. The second-order valence-electron chi connectivity index (χ2n) is 5.29. The van der Waals surface area contributed by atoms with E-state index in [-0.39, 0.29) is 0 Å². The molecule has 0 aliphatic rings. The predicted molar refractivity (Wildman–Crippen MR) is 78.3 cm³/mol. The first-order valence-corrected chi connectivity index (χ1v) is 6.97. The molecule has 2 atom stereocenters. The predicted octanol–water partition coefficient (Wildman–Crippen LogP) is 3.82. The summed E-state index contributed by atoms with van der Waals surface area (Å²) < 4.78 is 5.21. The smallest absolute Gasteiger partial charge is 0.118 e. The highest BCUT2D eigenvalue weighted by Gasteiger charge is 2.21. The van der Waals surface area contributed by atoms with Crippen LogP contribution in [0.25, 0.3) is 0 Å². The van der Waals surface area contributed by atoms with Gasteiger partial charge in [-0.15, -0.1) is 0 Å². The minimum atomic E-state index is 0.516. The lowest BCUT2D eigenvalue weighted by Crippen LogP contribution is -2.38. The maximum atomic E-state index is 5.21. The minimum Gasteiger partial charge on any atom is -0.497 e. The number of benzene rings is 1. The Morgan fingerprint density at radius 1 is 1.11 bits per heavy atom. The maximum absolute atomic E-state index is 5.21. The van der Waals surface area contributed by atoms with E-state index >= 15 is 0 Å². The molecule has 1 aromatic rings. The molecule has 0 radical (unpaired) electrons. The molecular weight excluding hydrogens is 222 g/mol. The summed E-state index contributed by atoms with van der Waals surface area (Å²) in [6, 6.07) is 8.96. The van der Waals surface area contributed by atoms with Crippen LogP contribution in [-0.2, 0) is 0 Å². The Hall–Kier alpha value is -1.02. The van der Waals surface area contributed by atoms with E-state index in [1.54, 1.807) is 7.11 Å². The monoisotopic (exact) mass is 249 g/mol. The van der Waals surface area contributed by atoms with Crippen LogP contribution < -0.4 is 10.1 Å². The van der Waals surface area contributed by atoms with E-state index in [1.807, 2.05) is 12.1 Å². The summed E-state index contributed by atoms with van der Waals surface area (Å²) in [5.41, 5.74) is 1.37. The van der Waals surface area contributed by atoms with Gasteiger partial charge in [-0.05, 0) is 42.5 Å². The van der Waals surface area contributed by atoms with Gasteiger partial charge >= 0.3 is 0 Å². The van der Waals surface area contributed by atoms with E-state index in [4.69, 9.17) is 4.74 Å². The first-order chi connectivity index (χ1) is 8.60. The fourth-order valence-corrected chi connectivity index (χ4v) is 2.42. The molecule has 0 amide bonds. The zero-order valence-corrected chi connectivity index (χ0v) is 12.4. The molecule has 18 heavy (non-hydrogen) atoms. The third-order valence-corrected chi connectivity index (χ3v) is 3.53. The van der Waals surface area contributed by atoms with Gasteiger partial charge in [-0.25, -0.2) is 0 Å². The van der Waals surface area contributed by atoms with Crippen LogP contribution in [0, 0.1) is 5.92 Å². The van der Waals surface area contributed by atoms with Gasteiger partial charge in [-0.1, -0.05) is 39.8 Å². The molecule has 0 aliphatic heterocycles. The van der Waals surface area contributed by atoms with Crippen molar-refractivity contribution in [2.75, 3.05) is 13.7 Å². The van der Waals surface area contributed by atoms with Gasteiger partial charge in [0.1, 0.15) is 5.75 Å². The van der Waals surface area contributed by atoms with Crippen LogP contribution in [0.15, 0.2) is 24.3 Å². The molecule has 0 bridgehead atoms. The average Bonchev–Trinajstić information content (AvgIpc) is 2.38. The molecule has 102 valence electrons. The van der Waals surface area contributed by atoms with Crippen molar-refractivity contribution in [1.29, 1.82) is 0 Å². The quantitative estimate of drug-likeness (QED) is 0.793. The van der Waals surface area contributed by atoms with E-state index in [2.05, 4.69) is 45.1 Å². The van der Waals surface area contributed by atoms with E-state index in [1.165, 1.54) is 12.0 Å². The molecule has 0 aromatic heterocycles. The van der Waals surface area contributed by atoms with Gasteiger partial charge < -0.3 is 10.1 Å². The Kier molecular flexibility index (Phi) is 6.20. The van der Waals surface area contributed by atoms with Gasteiger partial charge in [-0.2, -0.15) is 0 Å². The van der Waals surface area contributed by atoms with Crippen molar-refractivity contribution in [2.45, 2.75) is 46.1 Å². The average molecular weight is 249 g/mol. The summed E-state index contributed by atoms with van der Waals surface area (Å²) >= 11 is 0. The van der Waals surface area contributed by atoms with Crippen molar-refractivity contribution in [3.05, 3.63) is 29.8 Å². The standard InChI is InChI=1S/C16H27NO/c1-6-11-17-16(12(2)3)13(4)14-7-9-15(18-5)10-8-14/h7-10,12-13,16-17H,6,11H2,1-5H3. The lowest BCUT2D eigenvalue weighted by Gasteiger charge is -2.29. The highest BCUT2D eigenvalue weighted by atomic mass is 16.5. The van der Waals surface area contributed by atoms with E-state index in [9.17, 15) is 0 Å². The lowest BCUT2D eigenvalue weighted by atomic mass is 9.86. The van der Waals surface area contributed by atoms with Gasteiger partial charge in [0.2, 0.25) is 0 Å². The Morgan fingerprint density at radius 3 is 2.17 bits per heavy atom. The Balaban J connectivity index is 2.77. The number of rotatable bonds is 7. The number of methoxy groups -OCH3 is 1. The first kappa shape index (κ1) is 15.0. The molecule has 2 heteroatoms. The molecular formula is C16H27NO. The van der Waals surface area contributed by atoms with Crippen LogP contribution >= 0.6 is 0 Å². The second-order valence-corrected chi connectivity index (χ2v) is 5.29. The largest absolute Gasteiger partial charge is 0.497 e. The van der Waals surface area contributed by atoms with Gasteiger partial charge in [-0.3, -0.25) is 0 Å². The zero-order chi connectivity index (χ0) is 13.5. The molecule has 0 spiro atoms. The van der Waals surface area contributed by atoms with Crippen molar-refractivity contribution in [1.82, 2.24) is 5.32 Å². The van der Waals surface area contributed by atoms with Crippen LogP contribution in [0.5, 0.6) is 5.75 Å². The van der Waals surface area contributed by atoms with Gasteiger partial charge in [0.15, 0.2) is 0 Å². The van der Waals surface area contributed by atoms with Gasteiger partial charge in [0, 0.05) is 6.04 Å². The van der Waals surface area contributed by atoms with Crippen LogP contribution in [-0.4, -0.2) is 19.7 Å². The summed E-state index contributed by atoms with van der Waals surface area (Å²) in [5, 5.41) is 3.66. The number of hydrogen-bond donors (Lipinski definition) is 1. The molecule has 1 aromatic carbocycles. The highest BCUT2D eigenvalue weighted by Crippen LogP contribution is 2.25. The molecule has 0 heterocycles. The lowest BCUT2D eigenvalue weighted by molar-refractivity contribution is 0.353. The summed E-state index contributed by atoms with van der Waals surface area (Å²) in [7, 11) is 1.71. The number of hydrogen-bond acceptors (Lipinski definition) is 2. The Labute approximate surface area is 112 Å². The molecule has 0 aliphatic carbocycles. The summed E-state index contributed by atoms with van der Waals surface area (Å²) in [5.74, 6) is 2.07. The van der Waals surface area contributed by atoms with Gasteiger partial charge in [0.05, 0.1) is 7.11 Å². The summed E-state index contributed by atoms with van der Waals surface area (Å²) in [6.07, 6.45) is 1.18. The second kappa shape index (κ2) is 7.42. The van der Waals surface area contributed by atoms with Crippen molar-refractivity contribution < 1.29 is 4.74 Å². The molecule has 0 fully saturated rings. The van der Waals surface area contributed by atoms with Crippen molar-refractivity contribution >= 4 is 0 Å². The van der Waals surface area contributed by atoms with Gasteiger partial charge in [0.25, 0.3) is 0 Å². The van der Waals surface area contributed by atoms with Crippen LogP contribution in [0.2, 0.25) is 0 Å². The zero-order valence-electron chi connectivity index (χ0n) is 12.4. The molecule has 2 unspecified atom stereocenters.